The first-order valence-electron chi connectivity index (χ1n) is 7.65. The number of aliphatic hydroxyl groups is 1. The normalized spacial score (nSPS) is 14.8. The van der Waals surface area contributed by atoms with E-state index < -0.39 is 47.2 Å². The summed E-state index contributed by atoms with van der Waals surface area (Å²) in [4.78, 5) is 19.1. The number of aryl methyl sites for hydroxylation is 3. The molecular formula is C15H15F6N5O2. The van der Waals surface area contributed by atoms with E-state index in [4.69, 9.17) is 5.73 Å². The number of ketones is 1. The Kier molecular flexibility index (Phi) is 5.19. The number of anilines is 1. The molecule has 0 amide bonds. The molecule has 0 unspecified atom stereocenters. The average molecular weight is 411 g/mol. The molecule has 0 aliphatic heterocycles. The van der Waals surface area contributed by atoms with Gasteiger partial charge in [-0.1, -0.05) is 0 Å². The summed E-state index contributed by atoms with van der Waals surface area (Å²) in [6.45, 7) is 4.14. The molecule has 7 nitrogen and oxygen atoms in total. The first-order valence-corrected chi connectivity index (χ1v) is 7.65. The Hall–Kier alpha value is -2.70. The molecule has 2 rings (SSSR count). The van der Waals surface area contributed by atoms with Gasteiger partial charge in [-0.25, -0.2) is 9.97 Å². The van der Waals surface area contributed by atoms with Gasteiger partial charge >= 0.3 is 12.4 Å². The fourth-order valence-electron chi connectivity index (χ4n) is 2.67. The van der Waals surface area contributed by atoms with Crippen molar-refractivity contribution >= 4 is 11.6 Å². The minimum absolute atomic E-state index is 0.240. The number of alkyl halides is 6. The second kappa shape index (κ2) is 6.72. The van der Waals surface area contributed by atoms with Gasteiger partial charge in [0.15, 0.2) is 5.60 Å². The van der Waals surface area contributed by atoms with E-state index in [1.54, 1.807) is 19.9 Å². The van der Waals surface area contributed by atoms with Crippen molar-refractivity contribution in [2.45, 2.75) is 45.1 Å². The van der Waals surface area contributed by atoms with E-state index >= 15 is 0 Å². The summed E-state index contributed by atoms with van der Waals surface area (Å²) in [6.07, 6.45) is -13.5. The van der Waals surface area contributed by atoms with Gasteiger partial charge in [-0.2, -0.15) is 36.1 Å². The number of hydrogen-bond donors (Lipinski definition) is 2. The highest BCUT2D eigenvalue weighted by Gasteiger charge is 2.61. The molecule has 0 saturated heterocycles. The van der Waals surface area contributed by atoms with Crippen molar-refractivity contribution in [1.29, 1.82) is 0 Å². The van der Waals surface area contributed by atoms with Crippen molar-refractivity contribution in [2.75, 3.05) is 5.73 Å². The number of hydrogen-bond acceptors (Lipinski definition) is 6. The predicted molar refractivity (Wildman–Crippen MR) is 83.4 cm³/mol. The SMILES string of the molecule is Cc1cc(C)nc(-n2nc(C)c([C@@](O)(CC(=O)C(F)(F)F)C(F)(F)F)c2N)n1. The lowest BCUT2D eigenvalue weighted by atomic mass is 9.87. The van der Waals surface area contributed by atoms with Gasteiger partial charge < -0.3 is 10.8 Å². The fraction of sp³-hybridized carbons (Fsp3) is 0.467. The van der Waals surface area contributed by atoms with Crippen LogP contribution < -0.4 is 5.73 Å². The highest BCUT2D eigenvalue weighted by atomic mass is 19.4. The Morgan fingerprint density at radius 2 is 1.61 bits per heavy atom. The predicted octanol–water partition coefficient (Wildman–Crippen LogP) is 2.44. The molecule has 0 aliphatic carbocycles. The molecule has 0 bridgehead atoms. The molecule has 3 N–H and O–H groups in total. The van der Waals surface area contributed by atoms with Crippen LogP contribution in [-0.4, -0.2) is 43.0 Å². The van der Waals surface area contributed by atoms with Crippen LogP contribution in [0.1, 0.15) is 29.1 Å². The van der Waals surface area contributed by atoms with Crippen LogP contribution in [0.15, 0.2) is 6.07 Å². The maximum Gasteiger partial charge on any atom is 0.450 e. The molecule has 154 valence electrons. The quantitative estimate of drug-likeness (QED) is 0.749. The van der Waals surface area contributed by atoms with Crippen molar-refractivity contribution in [3.05, 3.63) is 28.7 Å². The zero-order valence-electron chi connectivity index (χ0n) is 14.8. The van der Waals surface area contributed by atoms with E-state index in [0.29, 0.717) is 16.1 Å². The Morgan fingerprint density at radius 1 is 1.11 bits per heavy atom. The van der Waals surface area contributed by atoms with Crippen LogP contribution >= 0.6 is 0 Å². The lowest BCUT2D eigenvalue weighted by Gasteiger charge is -2.30. The molecule has 28 heavy (non-hydrogen) atoms. The van der Waals surface area contributed by atoms with Crippen LogP contribution in [0.3, 0.4) is 0 Å². The summed E-state index contributed by atoms with van der Waals surface area (Å²) in [5.41, 5.74) is 0.621. The third-order valence-electron chi connectivity index (χ3n) is 3.87. The first kappa shape index (κ1) is 21.6. The number of nitrogens with zero attached hydrogens (tertiary/aromatic N) is 4. The number of Topliss-reactive ketones (excluding diaryl/α,β-unsaturated/α-hetero) is 1. The second-order valence-electron chi connectivity index (χ2n) is 6.16. The molecule has 2 aromatic heterocycles. The largest absolute Gasteiger partial charge is 0.450 e. The third kappa shape index (κ3) is 3.79. The van der Waals surface area contributed by atoms with E-state index in [0.717, 1.165) is 6.92 Å². The number of carbonyl (C=O) groups is 1. The molecule has 0 aromatic carbocycles. The minimum Gasteiger partial charge on any atom is -0.383 e. The molecule has 13 heteroatoms. The van der Waals surface area contributed by atoms with Crippen molar-refractivity contribution in [2.24, 2.45) is 0 Å². The van der Waals surface area contributed by atoms with Crippen molar-refractivity contribution in [1.82, 2.24) is 19.7 Å². The smallest absolute Gasteiger partial charge is 0.383 e. The topological polar surface area (TPSA) is 107 Å². The molecule has 0 radical (unpaired) electrons. The van der Waals surface area contributed by atoms with Crippen LogP contribution in [0, 0.1) is 20.8 Å². The molecule has 1 atom stereocenters. The standard InChI is InChI=1S/C15H15F6N5O2/c1-6-4-7(2)24-12(23-6)26-11(22)10(8(3)25-26)13(28,15(19,20)21)5-9(27)14(16,17)18/h4,28H,5,22H2,1-3H3/t13-/m0/s1. The number of nitrogen functional groups attached to an aromatic ring is 1. The van der Waals surface area contributed by atoms with Gasteiger partial charge in [0.05, 0.1) is 17.7 Å². The van der Waals surface area contributed by atoms with Gasteiger partial charge in [0.2, 0.25) is 5.78 Å². The van der Waals surface area contributed by atoms with Gasteiger partial charge in [0, 0.05) is 11.4 Å². The zero-order valence-corrected chi connectivity index (χ0v) is 14.8. The summed E-state index contributed by atoms with van der Waals surface area (Å²) in [7, 11) is 0. The molecule has 0 spiro atoms. The summed E-state index contributed by atoms with van der Waals surface area (Å²) < 4.78 is 78.9. The van der Waals surface area contributed by atoms with Crippen LogP contribution in [0.25, 0.3) is 5.95 Å². The number of rotatable bonds is 4. The third-order valence-corrected chi connectivity index (χ3v) is 3.87. The fourth-order valence-corrected chi connectivity index (χ4v) is 2.67. The van der Waals surface area contributed by atoms with E-state index in [1.807, 2.05) is 0 Å². The first-order chi connectivity index (χ1) is 12.6. The van der Waals surface area contributed by atoms with Gasteiger partial charge in [-0.3, -0.25) is 4.79 Å². The molecule has 0 saturated carbocycles. The number of halogens is 6. The van der Waals surface area contributed by atoms with E-state index in [9.17, 15) is 36.2 Å². The maximum absolute atomic E-state index is 13.5. The highest BCUT2D eigenvalue weighted by molar-refractivity contribution is 5.85. The van der Waals surface area contributed by atoms with Crippen LogP contribution in [0.4, 0.5) is 32.2 Å². The summed E-state index contributed by atoms with van der Waals surface area (Å²) >= 11 is 0. The monoisotopic (exact) mass is 411 g/mol. The minimum atomic E-state index is -5.65. The maximum atomic E-state index is 13.5. The van der Waals surface area contributed by atoms with Gasteiger partial charge in [-0.15, -0.1) is 0 Å². The van der Waals surface area contributed by atoms with Gasteiger partial charge in [0.25, 0.3) is 5.95 Å². The second-order valence-corrected chi connectivity index (χ2v) is 6.16. The lowest BCUT2D eigenvalue weighted by Crippen LogP contribution is -2.47. The molecule has 2 aromatic rings. The average Bonchev–Trinajstić information content (AvgIpc) is 2.79. The molecular weight excluding hydrogens is 396 g/mol. The Morgan fingerprint density at radius 3 is 2.04 bits per heavy atom. The van der Waals surface area contributed by atoms with E-state index in [1.165, 1.54) is 0 Å². The Labute approximate surface area is 154 Å². The summed E-state index contributed by atoms with van der Waals surface area (Å²) in [6, 6.07) is 1.56. The summed E-state index contributed by atoms with van der Waals surface area (Å²) in [5.74, 6) is -3.84. The van der Waals surface area contributed by atoms with Crippen molar-refractivity contribution in [3.8, 4) is 5.95 Å². The van der Waals surface area contributed by atoms with Crippen molar-refractivity contribution < 1.29 is 36.2 Å². The lowest BCUT2D eigenvalue weighted by molar-refractivity contribution is -0.270. The van der Waals surface area contributed by atoms with Gasteiger partial charge in [0.1, 0.15) is 5.82 Å². The number of carbonyl (C=O) groups excluding carboxylic acids is 1. The highest BCUT2D eigenvalue weighted by Crippen LogP contribution is 2.46. The number of aromatic nitrogens is 4. The van der Waals surface area contributed by atoms with Crippen molar-refractivity contribution in [3.63, 3.8) is 0 Å². The zero-order chi connectivity index (χ0) is 21.7. The van der Waals surface area contributed by atoms with Gasteiger partial charge in [-0.05, 0) is 26.8 Å². The molecule has 0 aliphatic rings. The Bertz CT molecular complexity index is 901. The number of nitrogens with two attached hydrogens (primary N) is 1. The molecule has 2 heterocycles. The Balaban J connectivity index is 2.69. The van der Waals surface area contributed by atoms with E-state index in [2.05, 4.69) is 15.1 Å². The molecule has 0 fully saturated rings. The van der Waals surface area contributed by atoms with Crippen LogP contribution in [0.5, 0.6) is 0 Å². The van der Waals surface area contributed by atoms with E-state index in [-0.39, 0.29) is 5.95 Å². The van der Waals surface area contributed by atoms with Crippen LogP contribution in [0.2, 0.25) is 0 Å². The van der Waals surface area contributed by atoms with Crippen LogP contribution in [-0.2, 0) is 10.4 Å². The summed E-state index contributed by atoms with van der Waals surface area (Å²) in [5, 5.41) is 13.9.